The highest BCUT2D eigenvalue weighted by Crippen LogP contribution is 2.24. The van der Waals surface area contributed by atoms with Gasteiger partial charge in [0.05, 0.1) is 6.42 Å². The minimum Gasteiger partial charge on any atom is -0.403 e. The smallest absolute Gasteiger partial charge is 0.322 e. The van der Waals surface area contributed by atoms with E-state index in [2.05, 4.69) is 27.6 Å². The number of aryl methyl sites for hydroxylation is 4. The molecule has 3 aromatic rings. The summed E-state index contributed by atoms with van der Waals surface area (Å²) in [6.45, 7) is 8.05. The summed E-state index contributed by atoms with van der Waals surface area (Å²) in [5, 5.41) is 10.6. The molecule has 3 rings (SSSR count). The fourth-order valence-corrected chi connectivity index (χ4v) is 2.82. The van der Waals surface area contributed by atoms with Crippen LogP contribution in [-0.4, -0.2) is 16.1 Å². The van der Waals surface area contributed by atoms with Crippen LogP contribution in [0.3, 0.4) is 0 Å². The molecule has 0 aliphatic rings. The molecule has 0 spiro atoms. The van der Waals surface area contributed by atoms with Gasteiger partial charge in [-0.3, -0.25) is 10.1 Å². The third-order valence-corrected chi connectivity index (χ3v) is 4.13. The molecule has 25 heavy (non-hydrogen) atoms. The topological polar surface area (TPSA) is 68.0 Å². The molecule has 0 unspecified atom stereocenters. The van der Waals surface area contributed by atoms with Crippen LogP contribution in [0.1, 0.15) is 27.8 Å². The third-order valence-electron chi connectivity index (χ3n) is 4.13. The van der Waals surface area contributed by atoms with Crippen molar-refractivity contribution in [3.05, 3.63) is 64.2 Å². The Balaban J connectivity index is 1.71. The minimum atomic E-state index is -0.178. The normalized spacial score (nSPS) is 10.7. The van der Waals surface area contributed by atoms with E-state index in [-0.39, 0.29) is 18.3 Å². The van der Waals surface area contributed by atoms with Gasteiger partial charge in [-0.2, -0.15) is 0 Å². The first-order chi connectivity index (χ1) is 11.9. The number of hydrogen-bond donors (Lipinski definition) is 1. The second-order valence-corrected chi connectivity index (χ2v) is 6.39. The van der Waals surface area contributed by atoms with Crippen molar-refractivity contribution in [3.63, 3.8) is 0 Å². The van der Waals surface area contributed by atoms with E-state index in [1.807, 2.05) is 52.0 Å². The molecular formula is C20H21N3O2. The maximum absolute atomic E-state index is 12.2. The van der Waals surface area contributed by atoms with E-state index in [0.717, 1.165) is 22.3 Å². The van der Waals surface area contributed by atoms with E-state index < -0.39 is 0 Å². The van der Waals surface area contributed by atoms with Gasteiger partial charge in [-0.15, -0.1) is 5.10 Å². The number of hydrogen-bond acceptors (Lipinski definition) is 4. The first-order valence-electron chi connectivity index (χ1n) is 8.19. The highest BCUT2D eigenvalue weighted by atomic mass is 16.4. The van der Waals surface area contributed by atoms with Crippen LogP contribution in [0.25, 0.3) is 11.5 Å². The molecule has 2 aromatic carbocycles. The molecule has 0 fully saturated rings. The molecule has 0 aliphatic heterocycles. The van der Waals surface area contributed by atoms with E-state index >= 15 is 0 Å². The van der Waals surface area contributed by atoms with Crippen molar-refractivity contribution in [1.82, 2.24) is 10.2 Å². The largest absolute Gasteiger partial charge is 0.403 e. The van der Waals surface area contributed by atoms with Gasteiger partial charge >= 0.3 is 6.01 Å². The zero-order chi connectivity index (χ0) is 18.0. The number of nitrogens with zero attached hydrogens (tertiary/aromatic N) is 2. The van der Waals surface area contributed by atoms with E-state index in [1.165, 1.54) is 11.1 Å². The number of anilines is 1. The monoisotopic (exact) mass is 335 g/mol. The average Bonchev–Trinajstić information content (AvgIpc) is 2.98. The molecule has 5 nitrogen and oxygen atoms in total. The van der Waals surface area contributed by atoms with Gasteiger partial charge in [-0.1, -0.05) is 46.6 Å². The van der Waals surface area contributed by atoms with Crippen molar-refractivity contribution in [1.29, 1.82) is 0 Å². The summed E-state index contributed by atoms with van der Waals surface area (Å²) in [7, 11) is 0. The number of aromatic nitrogens is 2. The first-order valence-corrected chi connectivity index (χ1v) is 8.19. The highest BCUT2D eigenvalue weighted by Gasteiger charge is 2.14. The van der Waals surface area contributed by atoms with Crippen LogP contribution in [0, 0.1) is 27.7 Å². The van der Waals surface area contributed by atoms with Gasteiger partial charge < -0.3 is 4.42 Å². The number of nitrogens with one attached hydrogen (secondary N) is 1. The van der Waals surface area contributed by atoms with Gasteiger partial charge in [0.2, 0.25) is 11.8 Å². The fourth-order valence-electron chi connectivity index (χ4n) is 2.82. The SMILES string of the molecule is Cc1ccc(CC(=O)Nc2nnc(-c3ccc(C)cc3C)o2)c(C)c1. The van der Waals surface area contributed by atoms with Crippen LogP contribution in [0.5, 0.6) is 0 Å². The van der Waals surface area contributed by atoms with Gasteiger partial charge in [-0.25, -0.2) is 0 Å². The highest BCUT2D eigenvalue weighted by molar-refractivity contribution is 5.90. The molecule has 0 aliphatic carbocycles. The number of rotatable bonds is 4. The van der Waals surface area contributed by atoms with Gasteiger partial charge in [0, 0.05) is 5.56 Å². The lowest BCUT2D eigenvalue weighted by atomic mass is 10.0. The molecule has 0 saturated heterocycles. The Labute approximate surface area is 147 Å². The number of amides is 1. The van der Waals surface area contributed by atoms with Gasteiger partial charge in [0.25, 0.3) is 0 Å². The maximum Gasteiger partial charge on any atom is 0.322 e. The maximum atomic E-state index is 12.2. The molecule has 0 radical (unpaired) electrons. The molecule has 1 heterocycles. The van der Waals surface area contributed by atoms with Crippen LogP contribution in [-0.2, 0) is 11.2 Å². The summed E-state index contributed by atoms with van der Waals surface area (Å²) in [6.07, 6.45) is 0.271. The van der Waals surface area contributed by atoms with Crippen molar-refractivity contribution in [2.45, 2.75) is 34.1 Å². The van der Waals surface area contributed by atoms with Gasteiger partial charge in [0.1, 0.15) is 0 Å². The second-order valence-electron chi connectivity index (χ2n) is 6.39. The van der Waals surface area contributed by atoms with Crippen molar-refractivity contribution in [2.75, 3.05) is 5.32 Å². The van der Waals surface area contributed by atoms with Crippen LogP contribution in [0.4, 0.5) is 6.01 Å². The molecule has 128 valence electrons. The summed E-state index contributed by atoms with van der Waals surface area (Å²) in [5.74, 6) is 0.224. The Morgan fingerprint density at radius 2 is 1.64 bits per heavy atom. The number of benzene rings is 2. The quantitative estimate of drug-likeness (QED) is 0.777. The van der Waals surface area contributed by atoms with Crippen LogP contribution in [0.15, 0.2) is 40.8 Å². The van der Waals surface area contributed by atoms with Crippen LogP contribution in [0.2, 0.25) is 0 Å². The van der Waals surface area contributed by atoms with Gasteiger partial charge in [-0.05, 0) is 50.5 Å². The Bertz CT molecular complexity index is 928. The van der Waals surface area contributed by atoms with Crippen LogP contribution < -0.4 is 5.32 Å². The predicted octanol–water partition coefficient (Wildman–Crippen LogP) is 4.15. The van der Waals surface area contributed by atoms with E-state index in [0.29, 0.717) is 5.89 Å². The lowest BCUT2D eigenvalue weighted by Gasteiger charge is -2.06. The number of carbonyl (C=O) groups is 1. The Kier molecular flexibility index (Phi) is 4.65. The summed E-state index contributed by atoms with van der Waals surface area (Å²) in [6, 6.07) is 12.1. The second kappa shape index (κ2) is 6.89. The molecular weight excluding hydrogens is 314 g/mol. The predicted molar refractivity (Wildman–Crippen MR) is 97.5 cm³/mol. The standard InChI is InChI=1S/C20H21N3O2/c1-12-5-7-16(14(3)9-12)11-18(24)21-20-23-22-19(25-20)17-8-6-13(2)10-15(17)4/h5-10H,11H2,1-4H3,(H,21,23,24). The summed E-state index contributed by atoms with van der Waals surface area (Å²) >= 11 is 0. The van der Waals surface area contributed by atoms with Gasteiger partial charge in [0.15, 0.2) is 0 Å². The summed E-state index contributed by atoms with van der Waals surface area (Å²) < 4.78 is 5.59. The lowest BCUT2D eigenvalue weighted by Crippen LogP contribution is -2.15. The molecule has 0 saturated carbocycles. The van der Waals surface area contributed by atoms with Crippen molar-refractivity contribution >= 4 is 11.9 Å². The van der Waals surface area contributed by atoms with E-state index in [1.54, 1.807) is 0 Å². The van der Waals surface area contributed by atoms with Crippen molar-refractivity contribution in [2.24, 2.45) is 0 Å². The Morgan fingerprint density at radius 1 is 0.960 bits per heavy atom. The Morgan fingerprint density at radius 3 is 2.32 bits per heavy atom. The molecule has 1 N–H and O–H groups in total. The molecule has 1 aromatic heterocycles. The van der Waals surface area contributed by atoms with Crippen molar-refractivity contribution in [3.8, 4) is 11.5 Å². The Hall–Kier alpha value is -2.95. The van der Waals surface area contributed by atoms with E-state index in [4.69, 9.17) is 4.42 Å². The van der Waals surface area contributed by atoms with Crippen molar-refractivity contribution < 1.29 is 9.21 Å². The zero-order valence-corrected chi connectivity index (χ0v) is 14.9. The third kappa shape index (κ3) is 3.94. The fraction of sp³-hybridized carbons (Fsp3) is 0.250. The van der Waals surface area contributed by atoms with E-state index in [9.17, 15) is 4.79 Å². The van der Waals surface area contributed by atoms with Crippen LogP contribution >= 0.6 is 0 Å². The molecule has 1 amide bonds. The minimum absolute atomic E-state index is 0.115. The average molecular weight is 335 g/mol. The first kappa shape index (κ1) is 16.9. The summed E-state index contributed by atoms with van der Waals surface area (Å²) in [4.78, 5) is 12.2. The molecule has 5 heteroatoms. The zero-order valence-electron chi connectivity index (χ0n) is 14.9. The lowest BCUT2D eigenvalue weighted by molar-refractivity contribution is -0.115. The molecule has 0 bridgehead atoms. The number of carbonyl (C=O) groups excluding carboxylic acids is 1. The summed E-state index contributed by atoms with van der Waals surface area (Å²) in [5.41, 5.74) is 6.35. The molecule has 0 atom stereocenters.